The van der Waals surface area contributed by atoms with Crippen LogP contribution >= 0.6 is 0 Å². The number of nitrogens with zero attached hydrogens (tertiary/aromatic N) is 5. The van der Waals surface area contributed by atoms with Crippen LogP contribution in [0.1, 0.15) is 24.8 Å². The van der Waals surface area contributed by atoms with Crippen molar-refractivity contribution in [1.29, 1.82) is 0 Å². The van der Waals surface area contributed by atoms with Gasteiger partial charge in [-0.3, -0.25) is 0 Å². The number of aromatic amines is 1. The van der Waals surface area contributed by atoms with E-state index in [1.54, 1.807) is 16.4 Å². The van der Waals surface area contributed by atoms with Crippen LogP contribution in [0.15, 0.2) is 66.0 Å². The van der Waals surface area contributed by atoms with Crippen LogP contribution in [0, 0.1) is 12.8 Å². The minimum absolute atomic E-state index is 0.363. The summed E-state index contributed by atoms with van der Waals surface area (Å²) in [4.78, 5) is 12.3. The molecule has 2 aromatic carbocycles. The first-order valence-electron chi connectivity index (χ1n) is 12.5. The number of benzene rings is 2. The first-order chi connectivity index (χ1) is 17.9. The molecule has 0 spiro atoms. The summed E-state index contributed by atoms with van der Waals surface area (Å²) < 4.78 is 29.6. The predicted molar refractivity (Wildman–Crippen MR) is 144 cm³/mol. The summed E-state index contributed by atoms with van der Waals surface area (Å²) in [7, 11) is -3.46. The zero-order valence-corrected chi connectivity index (χ0v) is 21.4. The molecule has 0 saturated carbocycles. The molecule has 10 heteroatoms. The van der Waals surface area contributed by atoms with Gasteiger partial charge in [-0.2, -0.15) is 9.40 Å². The smallest absolute Gasteiger partial charge is 0.243 e. The van der Waals surface area contributed by atoms with E-state index in [4.69, 9.17) is 10.8 Å². The highest BCUT2D eigenvalue weighted by Gasteiger charge is 2.29. The highest BCUT2D eigenvalue weighted by molar-refractivity contribution is 7.89. The minimum Gasteiger partial charge on any atom is -0.383 e. The number of sulfonamides is 1. The lowest BCUT2D eigenvalue weighted by Crippen LogP contribution is -2.38. The van der Waals surface area contributed by atoms with Crippen LogP contribution in [-0.2, 0) is 16.6 Å². The van der Waals surface area contributed by atoms with Crippen LogP contribution in [0.4, 0.5) is 5.82 Å². The van der Waals surface area contributed by atoms with Crippen molar-refractivity contribution in [3.8, 4) is 11.3 Å². The van der Waals surface area contributed by atoms with E-state index in [-0.39, 0.29) is 0 Å². The fourth-order valence-corrected chi connectivity index (χ4v) is 6.66. The van der Waals surface area contributed by atoms with Gasteiger partial charge in [-0.25, -0.2) is 23.1 Å². The van der Waals surface area contributed by atoms with E-state index in [0.717, 1.165) is 58.0 Å². The van der Waals surface area contributed by atoms with E-state index in [2.05, 4.69) is 21.0 Å². The predicted octanol–water partition coefficient (Wildman–Crippen LogP) is 4.36. The third kappa shape index (κ3) is 4.36. The topological polar surface area (TPSA) is 123 Å². The first-order valence-corrected chi connectivity index (χ1v) is 14.0. The van der Waals surface area contributed by atoms with Gasteiger partial charge in [0.1, 0.15) is 17.8 Å². The second kappa shape index (κ2) is 9.28. The van der Waals surface area contributed by atoms with Crippen LogP contribution in [0.5, 0.6) is 0 Å². The quantitative estimate of drug-likeness (QED) is 0.346. The molecule has 190 valence electrons. The summed E-state index contributed by atoms with van der Waals surface area (Å²) in [6, 6.07) is 15.3. The maximum atomic E-state index is 13.0. The standard InChI is InChI=1S/C27H29N7O2S/c1-18-2-5-22(6-3-18)37(35,36)33-13-9-19(10-14-33)11-15-34-27-24(26(28)30-17-31-27)25(32-34)21-4-7-23-20(16-21)8-12-29-23/h2-8,12,16-17,19,29H,9-11,13-15H2,1H3,(H2,28,30,31). The molecule has 4 heterocycles. The maximum Gasteiger partial charge on any atom is 0.243 e. The molecule has 0 bridgehead atoms. The lowest BCUT2D eigenvalue weighted by molar-refractivity contribution is 0.255. The fraction of sp³-hybridized carbons (Fsp3) is 0.296. The average molecular weight is 516 g/mol. The zero-order chi connectivity index (χ0) is 25.6. The Labute approximate surface area is 215 Å². The number of aryl methyl sites for hydroxylation is 2. The monoisotopic (exact) mass is 515 g/mol. The third-order valence-corrected chi connectivity index (χ3v) is 9.28. The van der Waals surface area contributed by atoms with Gasteiger partial charge >= 0.3 is 0 Å². The van der Waals surface area contributed by atoms with Gasteiger partial charge in [-0.05, 0) is 62.4 Å². The molecule has 0 unspecified atom stereocenters. The second-order valence-electron chi connectivity index (χ2n) is 9.76. The summed E-state index contributed by atoms with van der Waals surface area (Å²) in [6.45, 7) is 3.68. The first kappa shape index (κ1) is 23.6. The molecule has 9 nitrogen and oxygen atoms in total. The SMILES string of the molecule is Cc1ccc(S(=O)(=O)N2CCC(CCn3nc(-c4ccc5[nH]ccc5c4)c4c(N)ncnc43)CC2)cc1. The molecular formula is C27H29N7O2S. The number of aromatic nitrogens is 5. The number of fused-ring (bicyclic) bond motifs is 2. The van der Waals surface area contributed by atoms with Gasteiger partial charge in [0.15, 0.2) is 5.65 Å². The van der Waals surface area contributed by atoms with Gasteiger partial charge in [0.2, 0.25) is 10.0 Å². The highest BCUT2D eigenvalue weighted by atomic mass is 32.2. The number of H-pyrrole nitrogens is 1. The molecule has 37 heavy (non-hydrogen) atoms. The number of nitrogens with one attached hydrogen (secondary N) is 1. The molecule has 1 fully saturated rings. The van der Waals surface area contributed by atoms with E-state index in [1.165, 1.54) is 6.33 Å². The van der Waals surface area contributed by atoms with Crippen molar-refractivity contribution < 1.29 is 8.42 Å². The zero-order valence-electron chi connectivity index (χ0n) is 20.6. The van der Waals surface area contributed by atoms with Crippen molar-refractivity contribution in [3.05, 3.63) is 66.6 Å². The molecule has 0 atom stereocenters. The lowest BCUT2D eigenvalue weighted by Gasteiger charge is -2.31. The van der Waals surface area contributed by atoms with Gasteiger partial charge in [-0.15, -0.1) is 0 Å². The summed E-state index contributed by atoms with van der Waals surface area (Å²) in [5, 5.41) is 6.78. The number of rotatable bonds is 6. The van der Waals surface area contributed by atoms with Crippen LogP contribution in [0.2, 0.25) is 0 Å². The minimum atomic E-state index is -3.46. The van der Waals surface area contributed by atoms with Crippen LogP contribution in [0.3, 0.4) is 0 Å². The van der Waals surface area contributed by atoms with Crippen LogP contribution in [-0.4, -0.2) is 50.5 Å². The van der Waals surface area contributed by atoms with Gasteiger partial charge in [0, 0.05) is 42.3 Å². The molecule has 0 radical (unpaired) electrons. The molecule has 1 aliphatic rings. The van der Waals surface area contributed by atoms with Crippen LogP contribution in [0.25, 0.3) is 33.2 Å². The van der Waals surface area contributed by atoms with Gasteiger partial charge in [0.05, 0.1) is 10.3 Å². The Balaban J connectivity index is 1.18. The normalized spacial score (nSPS) is 15.6. The summed E-state index contributed by atoms with van der Waals surface area (Å²) in [5.74, 6) is 0.817. The molecule has 6 rings (SSSR count). The van der Waals surface area contributed by atoms with Crippen molar-refractivity contribution in [1.82, 2.24) is 29.0 Å². The molecule has 1 aliphatic heterocycles. The molecule has 3 aromatic heterocycles. The van der Waals surface area contributed by atoms with Crippen molar-refractivity contribution in [2.24, 2.45) is 5.92 Å². The Morgan fingerprint density at radius 1 is 1.05 bits per heavy atom. The van der Waals surface area contributed by atoms with Gasteiger partial charge < -0.3 is 10.7 Å². The molecule has 0 aliphatic carbocycles. The Kier molecular flexibility index (Phi) is 5.92. The number of nitrogens with two attached hydrogens (primary N) is 1. The number of hydrogen-bond donors (Lipinski definition) is 2. The maximum absolute atomic E-state index is 13.0. The van der Waals surface area contributed by atoms with Crippen molar-refractivity contribution >= 4 is 37.8 Å². The Bertz CT molecular complexity index is 1680. The lowest BCUT2D eigenvalue weighted by atomic mass is 9.95. The fourth-order valence-electron chi connectivity index (χ4n) is 5.19. The number of piperidine rings is 1. The second-order valence-corrected chi connectivity index (χ2v) is 11.7. The van der Waals surface area contributed by atoms with Crippen molar-refractivity contribution in [3.63, 3.8) is 0 Å². The Hall–Kier alpha value is -3.76. The Morgan fingerprint density at radius 2 is 1.84 bits per heavy atom. The van der Waals surface area contributed by atoms with Crippen LogP contribution < -0.4 is 5.73 Å². The third-order valence-electron chi connectivity index (χ3n) is 7.37. The largest absolute Gasteiger partial charge is 0.383 e. The molecule has 0 amide bonds. The Morgan fingerprint density at radius 3 is 2.62 bits per heavy atom. The number of anilines is 1. The van der Waals surface area contributed by atoms with Crippen molar-refractivity contribution in [2.45, 2.75) is 37.6 Å². The summed E-state index contributed by atoms with van der Waals surface area (Å²) in [5.41, 5.74) is 10.8. The van der Waals surface area contributed by atoms with Gasteiger partial charge in [0.25, 0.3) is 0 Å². The number of hydrogen-bond acceptors (Lipinski definition) is 6. The van der Waals surface area contributed by atoms with E-state index in [1.807, 2.05) is 48.1 Å². The van der Waals surface area contributed by atoms with E-state index >= 15 is 0 Å². The highest BCUT2D eigenvalue weighted by Crippen LogP contribution is 2.33. The van der Waals surface area contributed by atoms with Crippen molar-refractivity contribution in [2.75, 3.05) is 18.8 Å². The van der Waals surface area contributed by atoms with E-state index in [9.17, 15) is 8.42 Å². The molecule has 1 saturated heterocycles. The summed E-state index contributed by atoms with van der Waals surface area (Å²) >= 11 is 0. The molecule has 5 aromatic rings. The number of nitrogen functional groups attached to an aromatic ring is 1. The molecule has 3 N–H and O–H groups in total. The van der Waals surface area contributed by atoms with E-state index in [0.29, 0.717) is 36.3 Å². The van der Waals surface area contributed by atoms with Gasteiger partial charge in [-0.1, -0.05) is 23.8 Å². The summed E-state index contributed by atoms with van der Waals surface area (Å²) in [6.07, 6.45) is 5.91. The average Bonchev–Trinajstić information content (AvgIpc) is 3.53. The molecular weight excluding hydrogens is 486 g/mol. The van der Waals surface area contributed by atoms with E-state index < -0.39 is 10.0 Å².